The quantitative estimate of drug-likeness (QED) is 0.785. The molecule has 1 saturated heterocycles. The maximum Gasteiger partial charge on any atom is 0.240 e. The first-order valence-corrected chi connectivity index (χ1v) is 10.6. The van der Waals surface area contributed by atoms with Crippen LogP contribution in [0.4, 0.5) is 0 Å². The predicted octanol–water partition coefficient (Wildman–Crippen LogP) is 2.29. The Morgan fingerprint density at radius 2 is 1.92 bits per heavy atom. The molecule has 0 bridgehead atoms. The molecule has 0 saturated carbocycles. The Morgan fingerprint density at radius 1 is 1.27 bits per heavy atom. The number of amides is 1. The summed E-state index contributed by atoms with van der Waals surface area (Å²) in [5.74, 6) is -0.0748. The van der Waals surface area contributed by atoms with Gasteiger partial charge in [-0.1, -0.05) is 32.9 Å². The topological polar surface area (TPSA) is 75.7 Å². The molecule has 1 aromatic rings. The highest BCUT2D eigenvalue weighted by molar-refractivity contribution is 7.89. The van der Waals surface area contributed by atoms with Gasteiger partial charge >= 0.3 is 0 Å². The van der Waals surface area contributed by atoms with Crippen LogP contribution in [0.5, 0.6) is 0 Å². The predicted molar refractivity (Wildman–Crippen MR) is 102 cm³/mol. The van der Waals surface area contributed by atoms with Crippen molar-refractivity contribution < 1.29 is 17.9 Å². The normalized spacial score (nSPS) is 18.1. The van der Waals surface area contributed by atoms with E-state index in [2.05, 4.69) is 25.5 Å². The molecular weight excluding hydrogens is 352 g/mol. The summed E-state index contributed by atoms with van der Waals surface area (Å²) in [6, 6.07) is 6.93. The average Bonchev–Trinajstić information content (AvgIpc) is 3.06. The first-order valence-electron chi connectivity index (χ1n) is 9.07. The van der Waals surface area contributed by atoms with E-state index in [4.69, 9.17) is 4.74 Å². The summed E-state index contributed by atoms with van der Waals surface area (Å²) in [6.07, 6.45) is 2.00. The molecule has 1 fully saturated rings. The van der Waals surface area contributed by atoms with E-state index in [-0.39, 0.29) is 28.9 Å². The molecule has 1 heterocycles. The van der Waals surface area contributed by atoms with Gasteiger partial charge in [-0.15, -0.1) is 0 Å². The van der Waals surface area contributed by atoms with Crippen molar-refractivity contribution in [2.24, 2.45) is 0 Å². The minimum absolute atomic E-state index is 0.0278. The number of nitrogens with one attached hydrogen (secondary N) is 1. The molecule has 1 aromatic carbocycles. The summed E-state index contributed by atoms with van der Waals surface area (Å²) >= 11 is 0. The molecule has 6 nitrogen and oxygen atoms in total. The second-order valence-electron chi connectivity index (χ2n) is 7.77. The minimum atomic E-state index is -3.59. The van der Waals surface area contributed by atoms with Gasteiger partial charge in [0.05, 0.1) is 11.0 Å². The first kappa shape index (κ1) is 20.9. The van der Waals surface area contributed by atoms with E-state index in [1.165, 1.54) is 6.92 Å². The van der Waals surface area contributed by atoms with Crippen molar-refractivity contribution in [2.45, 2.75) is 57.0 Å². The number of ether oxygens (including phenoxy) is 1. The van der Waals surface area contributed by atoms with Gasteiger partial charge in [0.15, 0.2) is 0 Å². The van der Waals surface area contributed by atoms with E-state index in [9.17, 15) is 13.2 Å². The Labute approximate surface area is 157 Å². The molecule has 1 N–H and O–H groups in total. The highest BCUT2D eigenvalue weighted by Crippen LogP contribution is 2.23. The van der Waals surface area contributed by atoms with Crippen LogP contribution in [-0.2, 0) is 25.0 Å². The van der Waals surface area contributed by atoms with Crippen LogP contribution in [0.25, 0.3) is 0 Å². The van der Waals surface area contributed by atoms with E-state index < -0.39 is 10.0 Å². The molecular formula is C19H30N2O4S. The Balaban J connectivity index is 1.92. The van der Waals surface area contributed by atoms with Crippen LogP contribution in [0.15, 0.2) is 29.2 Å². The number of sulfonamides is 1. The molecule has 1 aliphatic rings. The number of hydrogen-bond acceptors (Lipinski definition) is 4. The van der Waals surface area contributed by atoms with Crippen molar-refractivity contribution >= 4 is 15.9 Å². The lowest BCUT2D eigenvalue weighted by atomic mass is 9.87. The van der Waals surface area contributed by atoms with Crippen molar-refractivity contribution in [3.8, 4) is 0 Å². The SMILES string of the molecule is CC(=O)N(CCNS(=O)(=O)c1ccc(C(C)(C)C)cc1)CC1CCCO1. The van der Waals surface area contributed by atoms with Crippen molar-refractivity contribution in [3.63, 3.8) is 0 Å². The summed E-state index contributed by atoms with van der Waals surface area (Å²) in [4.78, 5) is 13.7. The third-order valence-corrected chi connectivity index (χ3v) is 6.07. The Bertz CT molecular complexity index is 702. The number of carbonyl (C=O) groups is 1. The van der Waals surface area contributed by atoms with Crippen molar-refractivity contribution in [1.29, 1.82) is 0 Å². The van der Waals surface area contributed by atoms with Crippen LogP contribution in [0.2, 0.25) is 0 Å². The van der Waals surface area contributed by atoms with Gasteiger partial charge in [-0.25, -0.2) is 13.1 Å². The highest BCUT2D eigenvalue weighted by atomic mass is 32.2. The van der Waals surface area contributed by atoms with Gasteiger partial charge in [-0.3, -0.25) is 4.79 Å². The number of rotatable bonds is 7. The zero-order valence-electron chi connectivity index (χ0n) is 16.1. The summed E-state index contributed by atoms with van der Waals surface area (Å²) in [7, 11) is -3.59. The molecule has 0 radical (unpaired) electrons. The molecule has 26 heavy (non-hydrogen) atoms. The molecule has 7 heteroatoms. The lowest BCUT2D eigenvalue weighted by molar-refractivity contribution is -0.130. The first-order chi connectivity index (χ1) is 12.1. The van der Waals surface area contributed by atoms with E-state index >= 15 is 0 Å². The molecule has 1 unspecified atom stereocenters. The number of nitrogens with zero attached hydrogens (tertiary/aromatic N) is 1. The number of benzene rings is 1. The third kappa shape index (κ3) is 5.79. The van der Waals surface area contributed by atoms with Gasteiger partial charge in [0, 0.05) is 33.2 Å². The van der Waals surface area contributed by atoms with E-state index in [0.717, 1.165) is 25.0 Å². The summed E-state index contributed by atoms with van der Waals surface area (Å²) < 4.78 is 33.0. The summed E-state index contributed by atoms with van der Waals surface area (Å²) in [6.45, 7) is 9.49. The third-order valence-electron chi connectivity index (χ3n) is 4.60. The van der Waals surface area contributed by atoms with E-state index in [1.807, 2.05) is 12.1 Å². The highest BCUT2D eigenvalue weighted by Gasteiger charge is 2.22. The Kier molecular flexibility index (Phi) is 6.82. The van der Waals surface area contributed by atoms with Crippen LogP contribution >= 0.6 is 0 Å². The Hall–Kier alpha value is -1.44. The van der Waals surface area contributed by atoms with Crippen LogP contribution in [0.3, 0.4) is 0 Å². The van der Waals surface area contributed by atoms with Crippen molar-refractivity contribution in [3.05, 3.63) is 29.8 Å². The lowest BCUT2D eigenvalue weighted by Gasteiger charge is -2.24. The molecule has 2 rings (SSSR count). The number of hydrogen-bond donors (Lipinski definition) is 1. The fourth-order valence-corrected chi connectivity index (χ4v) is 3.96. The van der Waals surface area contributed by atoms with Gasteiger partial charge in [0.2, 0.25) is 15.9 Å². The lowest BCUT2D eigenvalue weighted by Crippen LogP contribution is -2.41. The van der Waals surface area contributed by atoms with Crippen LogP contribution in [0, 0.1) is 0 Å². The van der Waals surface area contributed by atoms with Gasteiger partial charge < -0.3 is 9.64 Å². The second-order valence-corrected chi connectivity index (χ2v) is 9.54. The average molecular weight is 383 g/mol. The zero-order chi connectivity index (χ0) is 19.4. The summed E-state index contributed by atoms with van der Waals surface area (Å²) in [5, 5.41) is 0. The van der Waals surface area contributed by atoms with E-state index in [1.54, 1.807) is 17.0 Å². The van der Waals surface area contributed by atoms with Gasteiger partial charge in [-0.2, -0.15) is 0 Å². The van der Waals surface area contributed by atoms with Crippen LogP contribution in [-0.4, -0.2) is 51.6 Å². The molecule has 0 aromatic heterocycles. The maximum atomic E-state index is 12.4. The van der Waals surface area contributed by atoms with Gasteiger partial charge in [0.1, 0.15) is 0 Å². The summed E-state index contributed by atoms with van der Waals surface area (Å²) in [5.41, 5.74) is 1.05. The Morgan fingerprint density at radius 3 is 2.42 bits per heavy atom. The fourth-order valence-electron chi connectivity index (χ4n) is 2.94. The second kappa shape index (κ2) is 8.50. The smallest absolute Gasteiger partial charge is 0.240 e. The maximum absolute atomic E-state index is 12.4. The van der Waals surface area contributed by atoms with E-state index in [0.29, 0.717) is 13.1 Å². The van der Waals surface area contributed by atoms with Crippen LogP contribution < -0.4 is 4.72 Å². The minimum Gasteiger partial charge on any atom is -0.376 e. The molecule has 146 valence electrons. The number of carbonyl (C=O) groups excluding carboxylic acids is 1. The largest absolute Gasteiger partial charge is 0.376 e. The molecule has 1 aliphatic heterocycles. The van der Waals surface area contributed by atoms with Crippen molar-refractivity contribution in [2.75, 3.05) is 26.2 Å². The molecule has 0 aliphatic carbocycles. The monoisotopic (exact) mass is 382 g/mol. The van der Waals surface area contributed by atoms with Crippen molar-refractivity contribution in [1.82, 2.24) is 9.62 Å². The molecule has 1 atom stereocenters. The fraction of sp³-hybridized carbons (Fsp3) is 0.632. The molecule has 0 spiro atoms. The van der Waals surface area contributed by atoms with Crippen LogP contribution in [0.1, 0.15) is 46.1 Å². The van der Waals surface area contributed by atoms with Gasteiger partial charge in [0.25, 0.3) is 0 Å². The van der Waals surface area contributed by atoms with Gasteiger partial charge in [-0.05, 0) is 36.0 Å². The zero-order valence-corrected chi connectivity index (χ0v) is 16.9. The standard InChI is InChI=1S/C19H30N2O4S/c1-15(22)21(14-17-6-5-13-25-17)12-11-20-26(23,24)18-9-7-16(8-10-18)19(2,3)4/h7-10,17,20H,5-6,11-14H2,1-4H3. The molecule has 1 amide bonds.